The summed E-state index contributed by atoms with van der Waals surface area (Å²) in [6.45, 7) is -0.0194. The molecule has 0 spiro atoms. The van der Waals surface area contributed by atoms with Crippen LogP contribution in [0.2, 0.25) is 0 Å². The predicted octanol–water partition coefficient (Wildman–Crippen LogP) is 10.5. The molecule has 0 heterocycles. The SMILES string of the molecule is O=[C](OC[CH](c1ccccc1)[Ge]([c]1ccccc1)([c]1ccccc1)[c]1ccccc1)[Sb]([C](=O)OC[CH](c1ccccc1)[Ge]([c]1ccccc1)([c]1ccccc1)[c]1ccccc1)([c]1ccccc1)([c]1ccccc1)[c]1ccccc1. The van der Waals surface area contributed by atoms with E-state index in [2.05, 4.69) is 231 Å². The minimum absolute atomic E-state index is 0.00969. The summed E-state index contributed by atoms with van der Waals surface area (Å²) < 4.78 is 22.3. The van der Waals surface area contributed by atoms with E-state index in [-0.39, 0.29) is 22.7 Å². The Hall–Kier alpha value is -7.74. The second-order valence-corrected chi connectivity index (χ2v) is 49.9. The van der Waals surface area contributed by atoms with Crippen molar-refractivity contribution in [3.05, 3.63) is 345 Å². The summed E-state index contributed by atoms with van der Waals surface area (Å²) in [5.41, 5.74) is 2.11. The average molecular weight is 1260 g/mol. The quantitative estimate of drug-likeness (QED) is 0.0758. The first-order valence-corrected chi connectivity index (χ1v) is 42.1. The van der Waals surface area contributed by atoms with Crippen molar-refractivity contribution in [2.45, 2.75) is 9.50 Å². The Labute approximate surface area is 471 Å². The molecule has 0 aromatic heterocycles. The van der Waals surface area contributed by atoms with Gasteiger partial charge in [0.1, 0.15) is 0 Å². The Kier molecular flexibility index (Phi) is 16.3. The molecule has 11 aromatic carbocycles. The molecule has 2 atom stereocenters. The van der Waals surface area contributed by atoms with Crippen LogP contribution in [0.5, 0.6) is 0 Å². The molecule has 2 unspecified atom stereocenters. The fourth-order valence-corrected chi connectivity index (χ4v) is 50.3. The molecule has 0 amide bonds. The Bertz CT molecular complexity index is 3220. The third-order valence-corrected chi connectivity index (χ3v) is 54.6. The van der Waals surface area contributed by atoms with Crippen molar-refractivity contribution in [3.63, 3.8) is 0 Å². The zero-order valence-electron chi connectivity index (χ0n) is 43.9. The molecule has 0 saturated heterocycles. The van der Waals surface area contributed by atoms with Gasteiger partial charge in [0.05, 0.1) is 0 Å². The van der Waals surface area contributed by atoms with Gasteiger partial charge >= 0.3 is 475 Å². The van der Waals surface area contributed by atoms with Crippen LogP contribution in [0.25, 0.3) is 0 Å². The van der Waals surface area contributed by atoms with Crippen molar-refractivity contribution in [1.29, 1.82) is 0 Å². The number of carbonyl (C=O) groups is 2. The maximum absolute atomic E-state index is 17.5. The van der Waals surface area contributed by atoms with Gasteiger partial charge in [-0.05, 0) is 0 Å². The van der Waals surface area contributed by atoms with Gasteiger partial charge in [0.15, 0.2) is 0 Å². The van der Waals surface area contributed by atoms with E-state index in [1.807, 2.05) is 103 Å². The van der Waals surface area contributed by atoms with Gasteiger partial charge in [-0.25, -0.2) is 0 Å². The van der Waals surface area contributed by atoms with E-state index in [4.69, 9.17) is 9.47 Å². The minimum atomic E-state index is -6.74. The zero-order chi connectivity index (χ0) is 53.8. The third-order valence-electron chi connectivity index (χ3n) is 16.1. The Morgan fingerprint density at radius 1 is 0.266 bits per heavy atom. The monoisotopic (exact) mass is 1260 g/mol. The Morgan fingerprint density at radius 2 is 0.443 bits per heavy atom. The molecule has 0 N–H and O–H groups in total. The molecule has 0 aliphatic rings. The maximum atomic E-state index is 17.5. The van der Waals surface area contributed by atoms with E-state index in [0.29, 0.717) is 10.5 Å². The van der Waals surface area contributed by atoms with Crippen molar-refractivity contribution < 1.29 is 19.1 Å². The van der Waals surface area contributed by atoms with Crippen LogP contribution >= 0.6 is 0 Å². The number of benzene rings is 11. The fraction of sp³-hybridized carbons (Fsp3) is 0.0556. The molecular weight excluding hydrogens is 1200 g/mol. The molecule has 0 bridgehead atoms. The van der Waals surface area contributed by atoms with Crippen LogP contribution in [0.4, 0.5) is 9.59 Å². The van der Waals surface area contributed by atoms with Crippen LogP contribution in [-0.4, -0.2) is 65.0 Å². The van der Waals surface area contributed by atoms with E-state index >= 15 is 9.59 Å². The van der Waals surface area contributed by atoms with Gasteiger partial charge in [0.25, 0.3) is 0 Å². The molecular formula is C72H61Ge2O4Sb. The fourth-order valence-electron chi connectivity index (χ4n) is 12.6. The number of ether oxygens (including phenoxy) is 2. The van der Waals surface area contributed by atoms with Gasteiger partial charge in [0, 0.05) is 0 Å². The van der Waals surface area contributed by atoms with Gasteiger partial charge in [-0.1, -0.05) is 0 Å². The summed E-state index contributed by atoms with van der Waals surface area (Å²) in [7, 11) is 0. The number of carbonyl (C=O) groups excluding carboxylic acids is 2. The van der Waals surface area contributed by atoms with Crippen LogP contribution in [0, 0.1) is 0 Å². The van der Waals surface area contributed by atoms with Gasteiger partial charge in [-0.3, -0.25) is 0 Å². The van der Waals surface area contributed by atoms with Crippen molar-refractivity contribution >= 4 is 88.7 Å². The van der Waals surface area contributed by atoms with E-state index in [0.717, 1.165) is 11.1 Å². The van der Waals surface area contributed by atoms with E-state index in [9.17, 15) is 0 Å². The normalized spacial score (nSPS) is 12.9. The van der Waals surface area contributed by atoms with Crippen molar-refractivity contribution in [1.82, 2.24) is 0 Å². The number of hydrogen-bond donors (Lipinski definition) is 0. The summed E-state index contributed by atoms with van der Waals surface area (Å²) in [5.74, 6) is 0. The molecule has 4 nitrogen and oxygen atoms in total. The molecule has 7 heteroatoms. The molecule has 0 saturated carbocycles. The summed E-state index contributed by atoms with van der Waals surface area (Å²) >= 11 is -14.9. The van der Waals surface area contributed by atoms with Gasteiger partial charge < -0.3 is 0 Å². The standard InChI is InChI=1S/2C27H23GeO2.3C6H5.Sb/c2*29-22-30-21-27(23-13-5-1-6-14-23)28(24-15-7-2-8-16-24,25-17-9-3-10-18-25)26-19-11-4-12-20-26;3*1-2-4-6-5-3-1;/h2*1-20,27H,21H2;3*1-5H;. The van der Waals surface area contributed by atoms with Gasteiger partial charge in [-0.2, -0.15) is 0 Å². The van der Waals surface area contributed by atoms with Crippen LogP contribution in [0.15, 0.2) is 334 Å². The van der Waals surface area contributed by atoms with Crippen molar-refractivity contribution in [2.24, 2.45) is 0 Å². The van der Waals surface area contributed by atoms with Crippen molar-refractivity contribution in [3.8, 4) is 0 Å². The molecule has 0 radical (unpaired) electrons. The second kappa shape index (κ2) is 24.1. The zero-order valence-corrected chi connectivity index (χ0v) is 50.7. The molecule has 11 aromatic rings. The van der Waals surface area contributed by atoms with Crippen LogP contribution in [0.1, 0.15) is 20.6 Å². The first kappa shape index (κ1) is 53.3. The topological polar surface area (TPSA) is 52.6 Å². The summed E-state index contributed by atoms with van der Waals surface area (Å²) in [6, 6.07) is 115. The second-order valence-electron chi connectivity index (χ2n) is 20.0. The first-order chi connectivity index (χ1) is 39.0. The molecule has 0 aliphatic carbocycles. The van der Waals surface area contributed by atoms with E-state index < -0.39 is 51.8 Å². The van der Waals surface area contributed by atoms with Crippen LogP contribution < -0.4 is 36.9 Å². The molecule has 0 aliphatic heterocycles. The first-order valence-electron chi connectivity index (χ1n) is 27.0. The Morgan fingerprint density at radius 3 is 0.646 bits per heavy atom. The summed E-state index contributed by atoms with van der Waals surface area (Å²) in [5, 5.41) is 0. The number of hydrogen-bond acceptors (Lipinski definition) is 4. The van der Waals surface area contributed by atoms with Gasteiger partial charge in [0.2, 0.25) is 0 Å². The van der Waals surface area contributed by atoms with Crippen LogP contribution in [-0.2, 0) is 9.47 Å². The molecule has 386 valence electrons. The van der Waals surface area contributed by atoms with E-state index in [1.165, 1.54) is 26.4 Å². The predicted molar refractivity (Wildman–Crippen MR) is 333 cm³/mol. The summed E-state index contributed by atoms with van der Waals surface area (Å²) in [4.78, 5) is 35.0. The molecule has 11 rings (SSSR count). The molecule has 79 heavy (non-hydrogen) atoms. The Balaban J connectivity index is 1.16. The third kappa shape index (κ3) is 9.44. The van der Waals surface area contributed by atoms with Crippen LogP contribution in [0.3, 0.4) is 0 Å². The molecule has 0 fully saturated rings. The summed E-state index contributed by atoms with van der Waals surface area (Å²) in [6.07, 6.45) is 0. The van der Waals surface area contributed by atoms with Crippen molar-refractivity contribution in [2.75, 3.05) is 13.2 Å². The van der Waals surface area contributed by atoms with Gasteiger partial charge in [-0.15, -0.1) is 0 Å². The number of rotatable bonds is 19. The van der Waals surface area contributed by atoms with E-state index in [1.54, 1.807) is 0 Å². The average Bonchev–Trinajstić information content (AvgIpc) is 2.76.